The molecule has 0 nitrogen and oxygen atoms in total. The summed E-state index contributed by atoms with van der Waals surface area (Å²) in [5.74, 6) is 0. The molecule has 0 spiro atoms. The minimum Gasteiger partial charge on any atom is -0.0656 e. The predicted octanol–water partition coefficient (Wildman–Crippen LogP) is 4.39. The van der Waals surface area contributed by atoms with Gasteiger partial charge >= 0.3 is 0 Å². The van der Waals surface area contributed by atoms with Crippen LogP contribution in [0, 0.1) is 0 Å². The van der Waals surface area contributed by atoms with Crippen LogP contribution in [-0.2, 0) is 0 Å². The van der Waals surface area contributed by atoms with Gasteiger partial charge in [-0.15, -0.1) is 0 Å². The van der Waals surface area contributed by atoms with Gasteiger partial charge in [-0.2, -0.15) is 0 Å². The molecule has 0 bridgehead atoms. The van der Waals surface area contributed by atoms with Gasteiger partial charge in [0.15, 0.2) is 0 Å². The fraction of sp³-hybridized carbons (Fsp3) is 1.00. The Kier molecular flexibility index (Phi) is 20.2. The normalized spacial score (nSPS) is 13.2. The van der Waals surface area contributed by atoms with E-state index in [4.69, 9.17) is 0 Å². The van der Waals surface area contributed by atoms with Gasteiger partial charge in [-0.3, -0.25) is 0 Å². The lowest BCUT2D eigenvalue weighted by Gasteiger charge is -2.05. The third-order valence-electron chi connectivity index (χ3n) is 1.000. The first-order valence-electron chi connectivity index (χ1n) is 4.83. The molecular weight excluding hydrogens is 120 g/mol. The van der Waals surface area contributed by atoms with Crippen LogP contribution in [0.5, 0.6) is 0 Å². The van der Waals surface area contributed by atoms with Gasteiger partial charge in [0.2, 0.25) is 0 Å². The number of hydrogen-bond acceptors (Lipinski definition) is 0. The summed E-state index contributed by atoms with van der Waals surface area (Å²) >= 11 is 0. The standard InChI is InChI=1S/C4H8.2C3H8/c1-2-4-3-1;2*1-3-2/h1-4H2;2*3H2,1-2H3. The number of hydrogen-bond donors (Lipinski definition) is 0. The zero-order valence-electron chi connectivity index (χ0n) is 8.24. The molecule has 0 atom stereocenters. The summed E-state index contributed by atoms with van der Waals surface area (Å²) in [4.78, 5) is 0. The Morgan fingerprint density at radius 1 is 0.600 bits per heavy atom. The highest BCUT2D eigenvalue weighted by atomic mass is 14.0. The number of rotatable bonds is 0. The fourth-order valence-corrected chi connectivity index (χ4v) is 0.250. The minimum atomic E-state index is 1.25. The topological polar surface area (TPSA) is 0 Å². The summed E-state index contributed by atoms with van der Waals surface area (Å²) in [6.07, 6.45) is 8.50. The first-order valence-corrected chi connectivity index (χ1v) is 4.83. The van der Waals surface area contributed by atoms with Crippen molar-refractivity contribution in [3.63, 3.8) is 0 Å². The zero-order valence-corrected chi connectivity index (χ0v) is 8.24. The summed E-state index contributed by atoms with van der Waals surface area (Å²) in [6.45, 7) is 8.50. The summed E-state index contributed by atoms with van der Waals surface area (Å²) < 4.78 is 0. The van der Waals surface area contributed by atoms with Crippen LogP contribution in [0.2, 0.25) is 0 Å². The van der Waals surface area contributed by atoms with E-state index >= 15 is 0 Å². The van der Waals surface area contributed by atoms with Crippen molar-refractivity contribution in [3.8, 4) is 0 Å². The van der Waals surface area contributed by atoms with Crippen LogP contribution in [0.15, 0.2) is 0 Å². The summed E-state index contributed by atoms with van der Waals surface area (Å²) in [5, 5.41) is 0. The molecule has 1 aliphatic carbocycles. The van der Waals surface area contributed by atoms with Crippen LogP contribution in [0.25, 0.3) is 0 Å². The van der Waals surface area contributed by atoms with Crippen molar-refractivity contribution >= 4 is 0 Å². The average Bonchev–Trinajstić information content (AvgIpc) is 1.62. The van der Waals surface area contributed by atoms with Gasteiger partial charge in [0, 0.05) is 0 Å². The van der Waals surface area contributed by atoms with E-state index in [1.165, 1.54) is 38.5 Å². The first-order chi connectivity index (χ1) is 4.83. The molecule has 0 aromatic carbocycles. The zero-order chi connectivity index (χ0) is 8.24. The van der Waals surface area contributed by atoms with Gasteiger partial charge in [0.1, 0.15) is 0 Å². The lowest BCUT2D eigenvalue weighted by atomic mass is 10.0. The van der Waals surface area contributed by atoms with Gasteiger partial charge < -0.3 is 0 Å². The molecule has 0 saturated heterocycles. The lowest BCUT2D eigenvalue weighted by molar-refractivity contribution is 0.504. The molecule has 0 aromatic rings. The molecule has 0 radical (unpaired) electrons. The summed E-state index contributed by atoms with van der Waals surface area (Å²) in [5.41, 5.74) is 0. The monoisotopic (exact) mass is 144 g/mol. The predicted molar refractivity (Wildman–Crippen MR) is 50.4 cm³/mol. The van der Waals surface area contributed by atoms with E-state index < -0.39 is 0 Å². The Labute approximate surface area is 67.0 Å². The van der Waals surface area contributed by atoms with Crippen molar-refractivity contribution in [1.82, 2.24) is 0 Å². The van der Waals surface area contributed by atoms with E-state index in [0.29, 0.717) is 0 Å². The van der Waals surface area contributed by atoms with Crippen molar-refractivity contribution in [1.29, 1.82) is 0 Å². The SMILES string of the molecule is C1CCC1.CCC.CCC. The van der Waals surface area contributed by atoms with Gasteiger partial charge in [0.05, 0.1) is 0 Å². The molecule has 1 fully saturated rings. The molecule has 0 heteroatoms. The van der Waals surface area contributed by atoms with E-state index in [0.717, 1.165) is 0 Å². The van der Waals surface area contributed by atoms with Gasteiger partial charge in [-0.1, -0.05) is 66.2 Å². The fourth-order valence-electron chi connectivity index (χ4n) is 0.250. The second kappa shape index (κ2) is 16.0. The molecule has 0 N–H and O–H groups in total. The van der Waals surface area contributed by atoms with Gasteiger partial charge in [0.25, 0.3) is 0 Å². The van der Waals surface area contributed by atoms with Crippen molar-refractivity contribution in [3.05, 3.63) is 0 Å². The molecule has 64 valence electrons. The summed E-state index contributed by atoms with van der Waals surface area (Å²) in [6, 6.07) is 0. The Hall–Kier alpha value is 0. The largest absolute Gasteiger partial charge is 0.0656 e. The van der Waals surface area contributed by atoms with Crippen LogP contribution < -0.4 is 0 Å². The third kappa shape index (κ3) is 24.5. The van der Waals surface area contributed by atoms with Crippen molar-refractivity contribution in [2.45, 2.75) is 66.2 Å². The molecule has 1 saturated carbocycles. The molecule has 0 unspecified atom stereocenters. The van der Waals surface area contributed by atoms with Crippen LogP contribution in [-0.4, -0.2) is 0 Å². The lowest BCUT2D eigenvalue weighted by Crippen LogP contribution is -1.85. The molecule has 0 aromatic heterocycles. The minimum absolute atomic E-state index is 1.25. The smallest absolute Gasteiger partial charge is 0.0533 e. The van der Waals surface area contributed by atoms with Crippen molar-refractivity contribution in [2.75, 3.05) is 0 Å². The molecule has 1 aliphatic rings. The maximum Gasteiger partial charge on any atom is -0.0533 e. The molecular formula is C10H24. The maximum atomic E-state index is 2.12. The van der Waals surface area contributed by atoms with E-state index in [1.807, 2.05) is 0 Å². The molecule has 0 amide bonds. The molecule has 0 aliphatic heterocycles. The third-order valence-corrected chi connectivity index (χ3v) is 1.000. The molecule has 10 heavy (non-hydrogen) atoms. The highest BCUT2D eigenvalue weighted by Crippen LogP contribution is 2.15. The van der Waals surface area contributed by atoms with Gasteiger partial charge in [-0.05, 0) is 0 Å². The van der Waals surface area contributed by atoms with Crippen molar-refractivity contribution in [2.24, 2.45) is 0 Å². The second-order valence-electron chi connectivity index (χ2n) is 2.83. The van der Waals surface area contributed by atoms with E-state index in [-0.39, 0.29) is 0 Å². The van der Waals surface area contributed by atoms with Gasteiger partial charge in [-0.25, -0.2) is 0 Å². The average molecular weight is 144 g/mol. The highest BCUT2D eigenvalue weighted by Gasteiger charge is 1.95. The van der Waals surface area contributed by atoms with Crippen LogP contribution in [0.3, 0.4) is 0 Å². The Balaban J connectivity index is 0. The van der Waals surface area contributed by atoms with E-state index in [1.54, 1.807) is 0 Å². The van der Waals surface area contributed by atoms with Crippen molar-refractivity contribution < 1.29 is 0 Å². The van der Waals surface area contributed by atoms with Crippen LogP contribution in [0.1, 0.15) is 66.2 Å². The quantitative estimate of drug-likeness (QED) is 0.473. The molecule has 1 rings (SSSR count). The van der Waals surface area contributed by atoms with Crippen LogP contribution >= 0.6 is 0 Å². The Bertz CT molecular complexity index is 21.0. The molecule has 0 heterocycles. The maximum absolute atomic E-state index is 2.12. The van der Waals surface area contributed by atoms with E-state index in [9.17, 15) is 0 Å². The first kappa shape index (κ1) is 12.7. The summed E-state index contributed by atoms with van der Waals surface area (Å²) in [7, 11) is 0. The Morgan fingerprint density at radius 3 is 0.700 bits per heavy atom. The van der Waals surface area contributed by atoms with E-state index in [2.05, 4.69) is 27.7 Å². The second-order valence-corrected chi connectivity index (χ2v) is 2.83. The Morgan fingerprint density at radius 2 is 0.700 bits per heavy atom. The highest BCUT2D eigenvalue weighted by molar-refractivity contribution is 4.50. The van der Waals surface area contributed by atoms with Crippen LogP contribution in [0.4, 0.5) is 0 Å².